The lowest BCUT2D eigenvalue weighted by Crippen LogP contribution is -2.48. The van der Waals surface area contributed by atoms with Gasteiger partial charge in [-0.2, -0.15) is 0 Å². The van der Waals surface area contributed by atoms with E-state index in [0.717, 1.165) is 13.1 Å². The number of aryl methyl sites for hydroxylation is 1. The van der Waals surface area contributed by atoms with Crippen molar-refractivity contribution in [3.63, 3.8) is 0 Å². The van der Waals surface area contributed by atoms with Crippen molar-refractivity contribution in [3.8, 4) is 0 Å². The zero-order valence-corrected chi connectivity index (χ0v) is 13.4. The minimum atomic E-state index is 0.206. The molecule has 0 amide bonds. The molecule has 0 bridgehead atoms. The van der Waals surface area contributed by atoms with Crippen molar-refractivity contribution in [2.24, 2.45) is 5.41 Å². The van der Waals surface area contributed by atoms with E-state index in [4.69, 9.17) is 4.74 Å². The molecule has 0 N–H and O–H groups in total. The fourth-order valence-electron chi connectivity index (χ4n) is 4.30. The molecule has 3 rings (SSSR count). The van der Waals surface area contributed by atoms with Crippen LogP contribution in [-0.4, -0.2) is 24.7 Å². The molecule has 2 nitrogen and oxygen atoms in total. The zero-order valence-electron chi connectivity index (χ0n) is 13.4. The summed E-state index contributed by atoms with van der Waals surface area (Å²) in [4.78, 5) is 2.43. The summed E-state index contributed by atoms with van der Waals surface area (Å²) >= 11 is 0. The second kappa shape index (κ2) is 5.84. The first-order valence-electron chi connectivity index (χ1n) is 8.17. The van der Waals surface area contributed by atoms with Crippen molar-refractivity contribution in [1.29, 1.82) is 0 Å². The van der Waals surface area contributed by atoms with Gasteiger partial charge in [-0.1, -0.05) is 43.7 Å². The van der Waals surface area contributed by atoms with Crippen LogP contribution in [0.1, 0.15) is 43.2 Å². The Morgan fingerprint density at radius 2 is 1.95 bits per heavy atom. The molecule has 2 heteroatoms. The van der Waals surface area contributed by atoms with Crippen LogP contribution in [0.3, 0.4) is 0 Å². The number of nitrogens with zero attached hydrogens (tertiary/aromatic N) is 1. The molecule has 1 saturated carbocycles. The lowest BCUT2D eigenvalue weighted by atomic mass is 9.73. The largest absolute Gasteiger partial charge is 0.375 e. The SMILES string of the molecule is C=C1C(OC)C2(CCCC2)CCN1Cc1ccccc1C. The highest BCUT2D eigenvalue weighted by molar-refractivity contribution is 5.27. The van der Waals surface area contributed by atoms with E-state index in [0.29, 0.717) is 5.41 Å². The maximum Gasteiger partial charge on any atom is 0.102 e. The monoisotopic (exact) mass is 285 g/mol. The Balaban J connectivity index is 1.77. The Bertz CT molecular complexity index is 516. The smallest absolute Gasteiger partial charge is 0.102 e. The fraction of sp³-hybridized carbons (Fsp3) is 0.579. The Morgan fingerprint density at radius 3 is 2.62 bits per heavy atom. The molecule has 1 spiro atoms. The van der Waals surface area contributed by atoms with Gasteiger partial charge in [0.25, 0.3) is 0 Å². The average molecular weight is 285 g/mol. The maximum atomic E-state index is 5.90. The van der Waals surface area contributed by atoms with Gasteiger partial charge in [-0.05, 0) is 37.3 Å². The van der Waals surface area contributed by atoms with Crippen LogP contribution in [0.25, 0.3) is 0 Å². The number of rotatable bonds is 3. The summed E-state index contributed by atoms with van der Waals surface area (Å²) in [5.74, 6) is 0. The highest BCUT2D eigenvalue weighted by Gasteiger charge is 2.46. The van der Waals surface area contributed by atoms with E-state index in [1.54, 1.807) is 0 Å². The molecule has 1 aromatic rings. The van der Waals surface area contributed by atoms with Gasteiger partial charge in [0.1, 0.15) is 6.10 Å². The van der Waals surface area contributed by atoms with Crippen LogP contribution in [0.2, 0.25) is 0 Å². The normalized spacial score (nSPS) is 24.8. The molecule has 1 atom stereocenters. The Kier molecular flexibility index (Phi) is 4.08. The minimum Gasteiger partial charge on any atom is -0.375 e. The van der Waals surface area contributed by atoms with Crippen molar-refractivity contribution < 1.29 is 4.74 Å². The molecule has 21 heavy (non-hydrogen) atoms. The number of piperidine rings is 1. The molecule has 1 aromatic carbocycles. The minimum absolute atomic E-state index is 0.206. The average Bonchev–Trinajstić information content (AvgIpc) is 2.94. The van der Waals surface area contributed by atoms with Crippen LogP contribution in [0.4, 0.5) is 0 Å². The second-order valence-electron chi connectivity index (χ2n) is 6.77. The number of hydrogen-bond donors (Lipinski definition) is 0. The van der Waals surface area contributed by atoms with E-state index in [2.05, 4.69) is 42.7 Å². The van der Waals surface area contributed by atoms with Gasteiger partial charge in [0, 0.05) is 31.3 Å². The number of likely N-dealkylation sites (tertiary alicyclic amines) is 1. The van der Waals surface area contributed by atoms with E-state index in [1.165, 1.54) is 48.9 Å². The van der Waals surface area contributed by atoms with Crippen molar-refractivity contribution in [2.45, 2.75) is 51.7 Å². The lowest BCUT2D eigenvalue weighted by Gasteiger charge is -2.47. The standard InChI is InChI=1S/C19H27NO/c1-15-8-4-5-9-17(15)14-20-13-12-19(10-6-7-11-19)18(21-3)16(20)2/h4-5,8-9,18H,2,6-7,10-14H2,1,3H3. The molecule has 1 saturated heterocycles. The van der Waals surface area contributed by atoms with E-state index in [-0.39, 0.29) is 6.10 Å². The van der Waals surface area contributed by atoms with Crippen LogP contribution in [0.15, 0.2) is 36.5 Å². The van der Waals surface area contributed by atoms with E-state index in [9.17, 15) is 0 Å². The predicted molar refractivity (Wildman–Crippen MR) is 87.0 cm³/mol. The van der Waals surface area contributed by atoms with Crippen molar-refractivity contribution in [1.82, 2.24) is 4.90 Å². The van der Waals surface area contributed by atoms with Crippen molar-refractivity contribution in [2.75, 3.05) is 13.7 Å². The maximum absolute atomic E-state index is 5.90. The van der Waals surface area contributed by atoms with Gasteiger partial charge in [-0.15, -0.1) is 0 Å². The molecule has 114 valence electrons. The Morgan fingerprint density at radius 1 is 1.24 bits per heavy atom. The summed E-state index contributed by atoms with van der Waals surface area (Å²) in [5, 5.41) is 0. The first kappa shape index (κ1) is 14.6. The molecule has 0 radical (unpaired) electrons. The number of ether oxygens (including phenoxy) is 1. The number of benzene rings is 1. The molecular formula is C19H27NO. The van der Waals surface area contributed by atoms with E-state index < -0.39 is 0 Å². The number of hydrogen-bond acceptors (Lipinski definition) is 2. The van der Waals surface area contributed by atoms with Gasteiger partial charge < -0.3 is 9.64 Å². The fourth-order valence-corrected chi connectivity index (χ4v) is 4.30. The topological polar surface area (TPSA) is 12.5 Å². The van der Waals surface area contributed by atoms with Crippen LogP contribution in [-0.2, 0) is 11.3 Å². The van der Waals surface area contributed by atoms with E-state index in [1.807, 2.05) is 7.11 Å². The third-order valence-electron chi connectivity index (χ3n) is 5.60. The number of methoxy groups -OCH3 is 1. The van der Waals surface area contributed by atoms with Gasteiger partial charge in [-0.3, -0.25) is 0 Å². The highest BCUT2D eigenvalue weighted by atomic mass is 16.5. The second-order valence-corrected chi connectivity index (χ2v) is 6.77. The summed E-state index contributed by atoms with van der Waals surface area (Å²) in [6.07, 6.45) is 6.77. The predicted octanol–water partition coefficient (Wildman–Crippen LogP) is 4.29. The van der Waals surface area contributed by atoms with Gasteiger partial charge in [0.15, 0.2) is 0 Å². The molecule has 2 fully saturated rings. The first-order valence-corrected chi connectivity index (χ1v) is 8.17. The lowest BCUT2D eigenvalue weighted by molar-refractivity contribution is -0.0366. The third-order valence-corrected chi connectivity index (χ3v) is 5.60. The van der Waals surface area contributed by atoms with Gasteiger partial charge in [0.2, 0.25) is 0 Å². The van der Waals surface area contributed by atoms with Gasteiger partial charge in [0.05, 0.1) is 0 Å². The van der Waals surface area contributed by atoms with Crippen LogP contribution in [0.5, 0.6) is 0 Å². The molecular weight excluding hydrogens is 258 g/mol. The quantitative estimate of drug-likeness (QED) is 0.821. The molecule has 1 heterocycles. The van der Waals surface area contributed by atoms with Gasteiger partial charge in [-0.25, -0.2) is 0 Å². The summed E-state index contributed by atoms with van der Waals surface area (Å²) in [5.41, 5.74) is 4.32. The van der Waals surface area contributed by atoms with Crippen LogP contribution >= 0.6 is 0 Å². The van der Waals surface area contributed by atoms with Gasteiger partial charge >= 0.3 is 0 Å². The molecule has 2 aliphatic rings. The third kappa shape index (κ3) is 2.62. The molecule has 1 unspecified atom stereocenters. The summed E-state index contributed by atoms with van der Waals surface area (Å²) < 4.78 is 5.90. The highest BCUT2D eigenvalue weighted by Crippen LogP contribution is 2.50. The van der Waals surface area contributed by atoms with Crippen molar-refractivity contribution in [3.05, 3.63) is 47.7 Å². The van der Waals surface area contributed by atoms with Crippen LogP contribution in [0, 0.1) is 12.3 Å². The summed E-state index contributed by atoms with van der Waals surface area (Å²) in [6.45, 7) is 8.66. The van der Waals surface area contributed by atoms with E-state index >= 15 is 0 Å². The Labute approximate surface area is 128 Å². The van der Waals surface area contributed by atoms with Crippen LogP contribution < -0.4 is 0 Å². The molecule has 1 aliphatic carbocycles. The Hall–Kier alpha value is -1.28. The molecule has 1 aliphatic heterocycles. The molecule has 0 aromatic heterocycles. The summed E-state index contributed by atoms with van der Waals surface area (Å²) in [6, 6.07) is 8.65. The first-order chi connectivity index (χ1) is 10.2. The summed E-state index contributed by atoms with van der Waals surface area (Å²) in [7, 11) is 1.85. The van der Waals surface area contributed by atoms with Crippen molar-refractivity contribution >= 4 is 0 Å². The zero-order chi connectivity index (χ0) is 14.9.